The van der Waals surface area contributed by atoms with Crippen LogP contribution in [0.25, 0.3) is 0 Å². The number of carbonyl (C=O) groups is 2. The van der Waals surface area contributed by atoms with Crippen LogP contribution in [0.1, 0.15) is 103 Å². The molecule has 0 amide bonds. The van der Waals surface area contributed by atoms with Gasteiger partial charge in [-0.1, -0.05) is 46.3 Å². The standard InChI is InChI=1S/C43H62O15/c1-20-9-12-43(37(54)58-36-32(52)31(51)30(50)26(18-44)56-36)14-13-40(4)22(33(43)42(20,6)55)7-8-28-38(2)17-25(48)34(39(3,19-45)27(38)10-11-41(28,40)5)57-35(53)21-15-23(46)29(49)24(47)16-21/h7,15-16,20,25-28,30-34,36,44-52,55H,8-14,17-19H2,1-6H3/t20-,25-,26-,27-,28-,30-,31+,32-,33-,34+,36+,38+,39+,40-,41-,42-,43+/m1/s1. The molecule has 7 rings (SSSR count). The number of hydrogen-bond acceptors (Lipinski definition) is 15. The van der Waals surface area contributed by atoms with E-state index < -0.39 is 124 Å². The van der Waals surface area contributed by atoms with Gasteiger partial charge in [0.05, 0.1) is 35.9 Å². The summed E-state index contributed by atoms with van der Waals surface area (Å²) in [7, 11) is 0. The molecule has 0 bridgehead atoms. The normalized spacial score (nSPS) is 48.6. The quantitative estimate of drug-likeness (QED) is 0.112. The Balaban J connectivity index is 1.22. The minimum absolute atomic E-state index is 0.0461. The molecule has 1 aromatic carbocycles. The highest BCUT2D eigenvalue weighted by Gasteiger charge is 2.73. The van der Waals surface area contributed by atoms with E-state index in [0.29, 0.717) is 44.9 Å². The molecule has 324 valence electrons. The van der Waals surface area contributed by atoms with Crippen molar-refractivity contribution >= 4 is 11.9 Å². The molecule has 0 unspecified atom stereocenters. The molecule has 15 nitrogen and oxygen atoms in total. The van der Waals surface area contributed by atoms with Gasteiger partial charge in [-0.2, -0.15) is 0 Å². The Kier molecular flexibility index (Phi) is 10.6. The summed E-state index contributed by atoms with van der Waals surface area (Å²) < 4.78 is 17.4. The number of phenolic OH excluding ortho intramolecular Hbond substituents is 3. The van der Waals surface area contributed by atoms with Crippen LogP contribution in [0.2, 0.25) is 0 Å². The Hall–Kier alpha value is -3.02. The van der Waals surface area contributed by atoms with Gasteiger partial charge in [0.25, 0.3) is 0 Å². The SMILES string of the molecule is C[C@@H]1CC[C@]2(C(=O)O[C@@H]3O[C@H](CO)[C@@H](O)[C@H](O)[C@H]3O)CC[C@]3(C)C(=CC[C@@H]4[C@@]5(C)C[C@@H](O)[C@H](OC(=O)c6cc(O)c(O)c(O)c6)[C@@](C)(CO)[C@@H]5CC[C@]43C)[C@@H]2[C@]1(C)O. The second-order valence-corrected chi connectivity index (χ2v) is 19.8. The maximum atomic E-state index is 14.6. The molecular weight excluding hydrogens is 756 g/mol. The van der Waals surface area contributed by atoms with E-state index in [0.717, 1.165) is 17.7 Å². The Labute approximate surface area is 338 Å². The summed E-state index contributed by atoms with van der Waals surface area (Å²) in [5.74, 6) is -5.00. The highest BCUT2D eigenvalue weighted by Crippen LogP contribution is 2.76. The predicted octanol–water partition coefficient (Wildman–Crippen LogP) is 2.39. The number of ether oxygens (including phenoxy) is 3. The van der Waals surface area contributed by atoms with Crippen molar-refractivity contribution in [3.05, 3.63) is 29.3 Å². The highest BCUT2D eigenvalue weighted by atomic mass is 16.7. The molecule has 4 saturated carbocycles. The summed E-state index contributed by atoms with van der Waals surface area (Å²) in [6.07, 6.45) is -4.36. The molecule has 5 fully saturated rings. The van der Waals surface area contributed by atoms with E-state index in [1.54, 1.807) is 6.92 Å². The minimum atomic E-state index is -1.77. The molecule has 0 spiro atoms. The number of carbonyl (C=O) groups excluding carboxylic acids is 2. The van der Waals surface area contributed by atoms with E-state index in [-0.39, 0.29) is 29.7 Å². The molecule has 6 aliphatic rings. The number of rotatable bonds is 6. The second kappa shape index (κ2) is 14.3. The van der Waals surface area contributed by atoms with Crippen LogP contribution >= 0.6 is 0 Å². The summed E-state index contributed by atoms with van der Waals surface area (Å²) in [5.41, 5.74) is -4.51. The van der Waals surface area contributed by atoms with Crippen molar-refractivity contribution < 1.29 is 74.9 Å². The van der Waals surface area contributed by atoms with Crippen LogP contribution in [0, 0.1) is 50.7 Å². The van der Waals surface area contributed by atoms with Gasteiger partial charge in [0, 0.05) is 11.3 Å². The van der Waals surface area contributed by atoms with Crippen molar-refractivity contribution in [2.24, 2.45) is 50.7 Å². The summed E-state index contributed by atoms with van der Waals surface area (Å²) in [4.78, 5) is 28.0. The zero-order chi connectivity index (χ0) is 42.7. The molecule has 1 saturated heterocycles. The number of aromatic hydroxyl groups is 3. The van der Waals surface area contributed by atoms with Crippen molar-refractivity contribution in [3.63, 3.8) is 0 Å². The molecule has 5 aliphatic carbocycles. The monoisotopic (exact) mass is 818 g/mol. The lowest BCUT2D eigenvalue weighted by molar-refractivity contribution is -0.299. The summed E-state index contributed by atoms with van der Waals surface area (Å²) in [6.45, 7) is 11.1. The zero-order valence-corrected chi connectivity index (χ0v) is 34.2. The van der Waals surface area contributed by atoms with Crippen LogP contribution in [0.15, 0.2) is 23.8 Å². The number of benzene rings is 1. The maximum Gasteiger partial charge on any atom is 0.338 e. The number of fused-ring (bicyclic) bond motifs is 7. The molecule has 15 heteroatoms. The average Bonchev–Trinajstić information content (AvgIpc) is 3.16. The molecule has 0 aromatic heterocycles. The van der Waals surface area contributed by atoms with Crippen LogP contribution in [-0.4, -0.2) is 125 Å². The van der Waals surface area contributed by atoms with E-state index in [1.807, 2.05) is 13.8 Å². The summed E-state index contributed by atoms with van der Waals surface area (Å²) >= 11 is 0. The first kappa shape index (κ1) is 43.1. The molecule has 1 aliphatic heterocycles. The average molecular weight is 819 g/mol. The number of phenols is 3. The van der Waals surface area contributed by atoms with Gasteiger partial charge in [-0.15, -0.1) is 0 Å². The van der Waals surface area contributed by atoms with E-state index in [2.05, 4.69) is 26.8 Å². The minimum Gasteiger partial charge on any atom is -0.504 e. The molecule has 1 heterocycles. The molecule has 17 atom stereocenters. The third kappa shape index (κ3) is 5.88. The Morgan fingerprint density at radius 1 is 0.845 bits per heavy atom. The van der Waals surface area contributed by atoms with Gasteiger partial charge in [0.2, 0.25) is 6.29 Å². The number of hydrogen-bond donors (Lipinski definition) is 10. The zero-order valence-electron chi connectivity index (χ0n) is 34.2. The van der Waals surface area contributed by atoms with Gasteiger partial charge in [-0.05, 0) is 104 Å². The smallest absolute Gasteiger partial charge is 0.338 e. The van der Waals surface area contributed by atoms with E-state index in [4.69, 9.17) is 14.2 Å². The first-order chi connectivity index (χ1) is 27.0. The van der Waals surface area contributed by atoms with Crippen LogP contribution < -0.4 is 0 Å². The van der Waals surface area contributed by atoms with Gasteiger partial charge in [0.15, 0.2) is 17.2 Å². The fourth-order valence-electron chi connectivity index (χ4n) is 13.5. The van der Waals surface area contributed by atoms with Crippen molar-refractivity contribution in [3.8, 4) is 17.2 Å². The summed E-state index contributed by atoms with van der Waals surface area (Å²) in [5, 5.41) is 107. The maximum absolute atomic E-state index is 14.6. The third-order valence-electron chi connectivity index (χ3n) is 17.1. The van der Waals surface area contributed by atoms with Gasteiger partial charge in [-0.3, -0.25) is 4.79 Å². The lowest BCUT2D eigenvalue weighted by Gasteiger charge is -2.72. The highest BCUT2D eigenvalue weighted by molar-refractivity contribution is 5.91. The van der Waals surface area contributed by atoms with Gasteiger partial charge in [-0.25, -0.2) is 4.79 Å². The van der Waals surface area contributed by atoms with E-state index in [9.17, 15) is 60.7 Å². The van der Waals surface area contributed by atoms with Gasteiger partial charge >= 0.3 is 11.9 Å². The van der Waals surface area contributed by atoms with Crippen molar-refractivity contribution in [1.82, 2.24) is 0 Å². The molecule has 1 aromatic rings. The van der Waals surface area contributed by atoms with Crippen LogP contribution in [0.5, 0.6) is 17.2 Å². The molecule has 10 N–H and O–H groups in total. The largest absolute Gasteiger partial charge is 0.504 e. The van der Waals surface area contributed by atoms with Crippen molar-refractivity contribution in [2.45, 2.75) is 141 Å². The van der Waals surface area contributed by atoms with Crippen LogP contribution in [0.4, 0.5) is 0 Å². The summed E-state index contributed by atoms with van der Waals surface area (Å²) in [6, 6.07) is 1.92. The first-order valence-electron chi connectivity index (χ1n) is 20.7. The number of esters is 2. The Bertz CT molecular complexity index is 1810. The number of aliphatic hydroxyl groups is 7. The van der Waals surface area contributed by atoms with Gasteiger partial charge < -0.3 is 65.3 Å². The lowest BCUT2D eigenvalue weighted by Crippen LogP contribution is -2.70. The topological polar surface area (TPSA) is 264 Å². The fraction of sp³-hybridized carbons (Fsp3) is 0.767. The van der Waals surface area contributed by atoms with E-state index in [1.165, 1.54) is 0 Å². The van der Waals surface area contributed by atoms with Crippen LogP contribution in [-0.2, 0) is 19.0 Å². The Morgan fingerprint density at radius 3 is 2.12 bits per heavy atom. The number of aliphatic hydroxyl groups excluding tert-OH is 6. The van der Waals surface area contributed by atoms with Crippen molar-refractivity contribution in [1.29, 1.82) is 0 Å². The second-order valence-electron chi connectivity index (χ2n) is 19.8. The molecule has 58 heavy (non-hydrogen) atoms. The van der Waals surface area contributed by atoms with Crippen molar-refractivity contribution in [2.75, 3.05) is 13.2 Å². The first-order valence-corrected chi connectivity index (χ1v) is 20.7. The molecule has 0 radical (unpaired) electrons. The predicted molar refractivity (Wildman–Crippen MR) is 204 cm³/mol. The number of allylic oxidation sites excluding steroid dienone is 1. The lowest BCUT2D eigenvalue weighted by atomic mass is 9.33. The van der Waals surface area contributed by atoms with Crippen LogP contribution in [0.3, 0.4) is 0 Å². The van der Waals surface area contributed by atoms with E-state index >= 15 is 0 Å². The molecular formula is C43H62O15. The fourth-order valence-corrected chi connectivity index (χ4v) is 13.5. The Morgan fingerprint density at radius 2 is 1.50 bits per heavy atom. The third-order valence-corrected chi connectivity index (χ3v) is 17.1. The van der Waals surface area contributed by atoms with Gasteiger partial charge in [0.1, 0.15) is 30.5 Å².